The quantitative estimate of drug-likeness (QED) is 0.909. The Morgan fingerprint density at radius 1 is 1.47 bits per heavy atom. The number of anilines is 1. The van der Waals surface area contributed by atoms with Gasteiger partial charge in [-0.3, -0.25) is 0 Å². The molecule has 2 rings (SSSR count). The maximum absolute atomic E-state index is 13.7. The van der Waals surface area contributed by atoms with Crippen molar-refractivity contribution in [2.75, 3.05) is 25.5 Å². The van der Waals surface area contributed by atoms with E-state index in [1.807, 2.05) is 6.07 Å². The van der Waals surface area contributed by atoms with E-state index >= 15 is 0 Å². The summed E-state index contributed by atoms with van der Waals surface area (Å²) >= 11 is 0. The third-order valence-electron chi connectivity index (χ3n) is 3.92. The van der Waals surface area contributed by atoms with Crippen LogP contribution < -0.4 is 5.32 Å². The predicted octanol–water partition coefficient (Wildman–Crippen LogP) is 2.90. The first-order valence-corrected chi connectivity index (χ1v) is 6.76. The number of likely N-dealkylation sites (N-methyl/N-ethyl adjacent to an activating group) is 1. The molecule has 0 spiro atoms. The Hall–Kier alpha value is -1.60. The summed E-state index contributed by atoms with van der Waals surface area (Å²) in [5.41, 5.74) is 1.68. The maximum atomic E-state index is 13.7. The fraction of sp³-hybridized carbons (Fsp3) is 0.533. The van der Waals surface area contributed by atoms with Gasteiger partial charge >= 0.3 is 0 Å². The lowest BCUT2D eigenvalue weighted by Crippen LogP contribution is -2.40. The summed E-state index contributed by atoms with van der Waals surface area (Å²) in [7, 11) is 2.13. The van der Waals surface area contributed by atoms with E-state index in [-0.39, 0.29) is 5.82 Å². The number of rotatable bonds is 3. The molecule has 1 N–H and O–H groups in total. The van der Waals surface area contributed by atoms with Crippen LogP contribution in [0.25, 0.3) is 0 Å². The zero-order chi connectivity index (χ0) is 13.8. The number of likely N-dealkylation sites (tertiary alicyclic amines) is 1. The topological polar surface area (TPSA) is 39.1 Å². The van der Waals surface area contributed by atoms with Crippen LogP contribution in [0.1, 0.15) is 30.4 Å². The summed E-state index contributed by atoms with van der Waals surface area (Å²) in [6, 6.07) is 5.49. The number of piperidine rings is 1. The maximum Gasteiger partial charge on any atom is 0.129 e. The van der Waals surface area contributed by atoms with E-state index in [0.717, 1.165) is 18.8 Å². The third kappa shape index (κ3) is 3.24. The second-order valence-electron chi connectivity index (χ2n) is 5.25. The number of benzene rings is 1. The number of nitrogens with one attached hydrogen (secondary N) is 1. The zero-order valence-corrected chi connectivity index (χ0v) is 11.5. The van der Waals surface area contributed by atoms with Crippen molar-refractivity contribution in [2.45, 2.75) is 32.2 Å². The molecule has 0 amide bonds. The Bertz CT molecular complexity index is 493. The van der Waals surface area contributed by atoms with Crippen molar-refractivity contribution in [1.82, 2.24) is 4.90 Å². The number of hydrogen-bond acceptors (Lipinski definition) is 3. The largest absolute Gasteiger partial charge is 0.383 e. The third-order valence-corrected chi connectivity index (χ3v) is 3.92. The highest BCUT2D eigenvalue weighted by molar-refractivity contribution is 5.55. The minimum absolute atomic E-state index is 0.321. The molecule has 0 aliphatic carbocycles. The van der Waals surface area contributed by atoms with Gasteiger partial charge in [-0.2, -0.15) is 5.26 Å². The van der Waals surface area contributed by atoms with Crippen LogP contribution in [0, 0.1) is 24.1 Å². The van der Waals surface area contributed by atoms with Gasteiger partial charge in [0.1, 0.15) is 5.82 Å². The van der Waals surface area contributed by atoms with Gasteiger partial charge in [-0.15, -0.1) is 0 Å². The van der Waals surface area contributed by atoms with Crippen molar-refractivity contribution in [2.24, 2.45) is 0 Å². The average molecular weight is 261 g/mol. The minimum Gasteiger partial charge on any atom is -0.383 e. The lowest BCUT2D eigenvalue weighted by Gasteiger charge is -2.33. The summed E-state index contributed by atoms with van der Waals surface area (Å²) in [5.74, 6) is -0.321. The minimum atomic E-state index is -0.321. The summed E-state index contributed by atoms with van der Waals surface area (Å²) in [4.78, 5) is 2.34. The number of nitrogens with zero attached hydrogens (tertiary/aromatic N) is 2. The molecule has 0 radical (unpaired) electrons. The fourth-order valence-corrected chi connectivity index (χ4v) is 2.56. The number of halogens is 1. The van der Waals surface area contributed by atoms with Crippen LogP contribution in [0.4, 0.5) is 10.1 Å². The molecule has 19 heavy (non-hydrogen) atoms. The first-order chi connectivity index (χ1) is 9.11. The van der Waals surface area contributed by atoms with E-state index < -0.39 is 0 Å². The molecule has 0 saturated carbocycles. The lowest BCUT2D eigenvalue weighted by atomic mass is 10.0. The van der Waals surface area contributed by atoms with Gasteiger partial charge in [0.2, 0.25) is 0 Å². The molecule has 1 aromatic carbocycles. The number of nitriles is 1. The Labute approximate surface area is 114 Å². The summed E-state index contributed by atoms with van der Waals surface area (Å²) in [6.45, 7) is 3.66. The molecule has 1 atom stereocenters. The van der Waals surface area contributed by atoms with E-state index in [4.69, 9.17) is 5.26 Å². The second kappa shape index (κ2) is 6.03. The van der Waals surface area contributed by atoms with E-state index in [2.05, 4.69) is 17.3 Å². The molecule has 1 aliphatic rings. The normalized spacial score (nSPS) is 20.0. The van der Waals surface area contributed by atoms with Gasteiger partial charge in [-0.05, 0) is 45.5 Å². The van der Waals surface area contributed by atoms with Gasteiger partial charge in [0, 0.05) is 23.8 Å². The Balaban J connectivity index is 2.06. The van der Waals surface area contributed by atoms with Crippen LogP contribution >= 0.6 is 0 Å². The van der Waals surface area contributed by atoms with E-state index in [1.54, 1.807) is 13.0 Å². The van der Waals surface area contributed by atoms with Gasteiger partial charge < -0.3 is 10.2 Å². The predicted molar refractivity (Wildman–Crippen MR) is 74.6 cm³/mol. The molecule has 1 aliphatic heterocycles. The standard InChI is InChI=1S/C15H20FN3/c1-11-14(16)7-12(9-17)8-15(11)18-10-13-5-3-4-6-19(13)2/h7-8,13,18H,3-6,10H2,1-2H3. The van der Waals surface area contributed by atoms with Gasteiger partial charge in [-0.1, -0.05) is 6.42 Å². The lowest BCUT2D eigenvalue weighted by molar-refractivity contribution is 0.194. The Morgan fingerprint density at radius 2 is 2.26 bits per heavy atom. The van der Waals surface area contributed by atoms with Crippen LogP contribution in [0.15, 0.2) is 12.1 Å². The van der Waals surface area contributed by atoms with Crippen molar-refractivity contribution in [1.29, 1.82) is 5.26 Å². The first-order valence-electron chi connectivity index (χ1n) is 6.76. The molecule has 1 aromatic rings. The zero-order valence-electron chi connectivity index (χ0n) is 11.5. The van der Waals surface area contributed by atoms with Gasteiger partial charge in [0.15, 0.2) is 0 Å². The van der Waals surface area contributed by atoms with Gasteiger partial charge in [-0.25, -0.2) is 4.39 Å². The molecule has 4 heteroatoms. The second-order valence-corrected chi connectivity index (χ2v) is 5.25. The van der Waals surface area contributed by atoms with Crippen LogP contribution in [0.2, 0.25) is 0 Å². The van der Waals surface area contributed by atoms with Gasteiger partial charge in [0.05, 0.1) is 11.6 Å². The molecule has 0 bridgehead atoms. The molecule has 0 aromatic heterocycles. The van der Waals surface area contributed by atoms with Crippen LogP contribution in [-0.2, 0) is 0 Å². The molecule has 102 valence electrons. The molecular weight excluding hydrogens is 241 g/mol. The Morgan fingerprint density at radius 3 is 2.95 bits per heavy atom. The smallest absolute Gasteiger partial charge is 0.129 e. The SMILES string of the molecule is Cc1c(F)cc(C#N)cc1NCC1CCCCN1C. The molecule has 1 saturated heterocycles. The highest BCUT2D eigenvalue weighted by Crippen LogP contribution is 2.22. The highest BCUT2D eigenvalue weighted by atomic mass is 19.1. The van der Waals surface area contributed by atoms with E-state index in [9.17, 15) is 4.39 Å². The van der Waals surface area contributed by atoms with Crippen molar-refractivity contribution in [3.63, 3.8) is 0 Å². The van der Waals surface area contributed by atoms with E-state index in [1.165, 1.54) is 25.3 Å². The van der Waals surface area contributed by atoms with Crippen molar-refractivity contribution < 1.29 is 4.39 Å². The van der Waals surface area contributed by atoms with Crippen LogP contribution in [-0.4, -0.2) is 31.1 Å². The van der Waals surface area contributed by atoms with Crippen molar-refractivity contribution in [3.8, 4) is 6.07 Å². The summed E-state index contributed by atoms with van der Waals surface area (Å²) in [6.07, 6.45) is 3.68. The van der Waals surface area contributed by atoms with E-state index in [0.29, 0.717) is 17.2 Å². The van der Waals surface area contributed by atoms with Gasteiger partial charge in [0.25, 0.3) is 0 Å². The van der Waals surface area contributed by atoms with Crippen molar-refractivity contribution in [3.05, 3.63) is 29.1 Å². The Kier molecular flexibility index (Phi) is 4.39. The number of hydrogen-bond donors (Lipinski definition) is 1. The summed E-state index contributed by atoms with van der Waals surface area (Å²) in [5, 5.41) is 12.2. The fourth-order valence-electron chi connectivity index (χ4n) is 2.56. The molecular formula is C15H20FN3. The average Bonchev–Trinajstić information content (AvgIpc) is 2.42. The molecule has 1 heterocycles. The molecule has 3 nitrogen and oxygen atoms in total. The van der Waals surface area contributed by atoms with Crippen LogP contribution in [0.5, 0.6) is 0 Å². The molecule has 1 unspecified atom stereocenters. The molecule has 1 fully saturated rings. The van der Waals surface area contributed by atoms with Crippen LogP contribution in [0.3, 0.4) is 0 Å². The van der Waals surface area contributed by atoms with Crippen molar-refractivity contribution >= 4 is 5.69 Å². The highest BCUT2D eigenvalue weighted by Gasteiger charge is 2.18. The summed E-state index contributed by atoms with van der Waals surface area (Å²) < 4.78 is 13.7. The first kappa shape index (κ1) is 13.8. The monoisotopic (exact) mass is 261 g/mol.